The number of allylic oxidation sites excluding steroid dienone is 5. The average Bonchev–Trinajstić information content (AvgIpc) is 2.03. The molecule has 0 spiro atoms. The fourth-order valence-electron chi connectivity index (χ4n) is 1.50. The Labute approximate surface area is 79.8 Å². The van der Waals surface area contributed by atoms with Gasteiger partial charge >= 0.3 is 0 Å². The topological polar surface area (TPSA) is 20.2 Å². The zero-order chi connectivity index (χ0) is 10.0. The van der Waals surface area contributed by atoms with Gasteiger partial charge in [-0.3, -0.25) is 0 Å². The summed E-state index contributed by atoms with van der Waals surface area (Å²) in [6.07, 6.45) is 4.83. The van der Waals surface area contributed by atoms with E-state index in [1.807, 2.05) is 19.9 Å². The van der Waals surface area contributed by atoms with Gasteiger partial charge in [0.2, 0.25) is 0 Å². The van der Waals surface area contributed by atoms with Crippen molar-refractivity contribution in [2.45, 2.75) is 20.3 Å². The van der Waals surface area contributed by atoms with Crippen molar-refractivity contribution in [1.82, 2.24) is 0 Å². The van der Waals surface area contributed by atoms with E-state index in [1.54, 1.807) is 0 Å². The highest BCUT2D eigenvalue weighted by molar-refractivity contribution is 5.43. The van der Waals surface area contributed by atoms with E-state index in [0.717, 1.165) is 23.1 Å². The number of hydrogen-bond donors (Lipinski definition) is 1. The minimum absolute atomic E-state index is 0.0803. The molecule has 1 aliphatic carbocycles. The van der Waals surface area contributed by atoms with Crippen molar-refractivity contribution in [2.75, 3.05) is 0 Å². The van der Waals surface area contributed by atoms with E-state index in [4.69, 9.17) is 0 Å². The molecule has 0 aromatic carbocycles. The monoisotopic (exact) mass is 176 g/mol. The number of rotatable bonds is 2. The third-order valence-corrected chi connectivity index (χ3v) is 2.32. The Bertz CT molecular complexity index is 305. The third kappa shape index (κ3) is 1.92. The van der Waals surface area contributed by atoms with Crippen LogP contribution in [-0.4, -0.2) is 5.11 Å². The van der Waals surface area contributed by atoms with Gasteiger partial charge in [-0.05, 0) is 25.8 Å². The Hall–Kier alpha value is -1.24. The highest BCUT2D eigenvalue weighted by atomic mass is 16.3. The molecule has 70 valence electrons. The zero-order valence-corrected chi connectivity index (χ0v) is 8.30. The normalized spacial score (nSPS) is 21.8. The van der Waals surface area contributed by atoms with Crippen LogP contribution in [-0.2, 0) is 0 Å². The molecule has 0 bridgehead atoms. The smallest absolute Gasteiger partial charge is 0.107 e. The van der Waals surface area contributed by atoms with Crippen molar-refractivity contribution in [2.24, 2.45) is 5.92 Å². The zero-order valence-electron chi connectivity index (χ0n) is 8.30. The summed E-state index contributed by atoms with van der Waals surface area (Å²) in [6, 6.07) is 0. The fourth-order valence-corrected chi connectivity index (χ4v) is 1.50. The van der Waals surface area contributed by atoms with Gasteiger partial charge in [-0.25, -0.2) is 0 Å². The first-order valence-electron chi connectivity index (χ1n) is 4.45. The summed E-state index contributed by atoms with van der Waals surface area (Å²) >= 11 is 0. The second-order valence-electron chi connectivity index (χ2n) is 3.62. The Morgan fingerprint density at radius 1 is 1.46 bits per heavy atom. The molecule has 0 aromatic heterocycles. The Morgan fingerprint density at radius 2 is 2.08 bits per heavy atom. The number of aliphatic hydroxyl groups excluding tert-OH is 1. The van der Waals surface area contributed by atoms with Crippen LogP contribution in [0.4, 0.5) is 0 Å². The lowest BCUT2D eigenvalue weighted by Crippen LogP contribution is -2.10. The summed E-state index contributed by atoms with van der Waals surface area (Å²) in [5, 5.41) is 9.88. The van der Waals surface area contributed by atoms with E-state index in [0.29, 0.717) is 5.76 Å². The van der Waals surface area contributed by atoms with Gasteiger partial charge in [0.05, 0.1) is 0 Å². The molecule has 0 fully saturated rings. The van der Waals surface area contributed by atoms with Crippen LogP contribution in [0.2, 0.25) is 0 Å². The van der Waals surface area contributed by atoms with Crippen LogP contribution in [0.1, 0.15) is 20.3 Å². The summed E-state index contributed by atoms with van der Waals surface area (Å²) in [4.78, 5) is 0. The van der Waals surface area contributed by atoms with E-state index >= 15 is 0 Å². The second kappa shape index (κ2) is 3.65. The van der Waals surface area contributed by atoms with Gasteiger partial charge < -0.3 is 5.11 Å². The maximum absolute atomic E-state index is 9.88. The van der Waals surface area contributed by atoms with Gasteiger partial charge in [0.15, 0.2) is 0 Å². The summed E-state index contributed by atoms with van der Waals surface area (Å²) in [5.41, 5.74) is 2.76. The molecule has 0 aromatic rings. The quantitative estimate of drug-likeness (QED) is 0.638. The van der Waals surface area contributed by atoms with Crippen LogP contribution < -0.4 is 0 Å². The highest BCUT2D eigenvalue weighted by Crippen LogP contribution is 2.30. The lowest BCUT2D eigenvalue weighted by molar-refractivity contribution is 0.343. The predicted molar refractivity (Wildman–Crippen MR) is 56.5 cm³/mol. The first kappa shape index (κ1) is 9.85. The van der Waals surface area contributed by atoms with E-state index in [9.17, 15) is 5.11 Å². The Morgan fingerprint density at radius 3 is 2.54 bits per heavy atom. The average molecular weight is 176 g/mol. The van der Waals surface area contributed by atoms with Crippen LogP contribution in [0.15, 0.2) is 47.8 Å². The van der Waals surface area contributed by atoms with Crippen LogP contribution in [0.3, 0.4) is 0 Å². The van der Waals surface area contributed by atoms with E-state index in [1.165, 1.54) is 0 Å². The van der Waals surface area contributed by atoms with Gasteiger partial charge in [0.25, 0.3) is 0 Å². The van der Waals surface area contributed by atoms with Crippen molar-refractivity contribution in [3.8, 4) is 0 Å². The first-order valence-corrected chi connectivity index (χ1v) is 4.45. The molecule has 1 N–H and O–H groups in total. The molecule has 1 heteroatoms. The number of hydrogen-bond acceptors (Lipinski definition) is 1. The summed E-state index contributed by atoms with van der Waals surface area (Å²) < 4.78 is 0. The molecular weight excluding hydrogens is 160 g/mol. The Kier molecular flexibility index (Phi) is 2.76. The van der Waals surface area contributed by atoms with Crippen molar-refractivity contribution < 1.29 is 5.11 Å². The minimum Gasteiger partial charge on any atom is -0.511 e. The van der Waals surface area contributed by atoms with Crippen LogP contribution in [0, 0.1) is 5.92 Å². The van der Waals surface area contributed by atoms with E-state index < -0.39 is 0 Å². The molecule has 0 saturated heterocycles. The van der Waals surface area contributed by atoms with Gasteiger partial charge in [-0.1, -0.05) is 30.9 Å². The molecule has 0 saturated carbocycles. The maximum Gasteiger partial charge on any atom is 0.107 e. The first-order chi connectivity index (χ1) is 6.04. The van der Waals surface area contributed by atoms with E-state index in [-0.39, 0.29) is 5.92 Å². The standard InChI is InChI=1S/C12H16O/c1-8(2)10-6-5-7-11(9(3)4)12(10)13/h5-6,11,13H,1,3,7H2,2,4H3. The predicted octanol–water partition coefficient (Wildman–Crippen LogP) is 3.53. The molecule has 1 aliphatic rings. The fraction of sp³-hybridized carbons (Fsp3) is 0.333. The lowest BCUT2D eigenvalue weighted by Gasteiger charge is -2.21. The molecule has 1 rings (SSSR count). The molecule has 0 amide bonds. The van der Waals surface area contributed by atoms with Crippen LogP contribution >= 0.6 is 0 Å². The van der Waals surface area contributed by atoms with Crippen molar-refractivity contribution in [3.63, 3.8) is 0 Å². The molecule has 1 nitrogen and oxygen atoms in total. The molecule has 1 unspecified atom stereocenters. The van der Waals surface area contributed by atoms with E-state index in [2.05, 4.69) is 19.2 Å². The molecule has 0 heterocycles. The summed E-state index contributed by atoms with van der Waals surface area (Å²) in [7, 11) is 0. The van der Waals surface area contributed by atoms with Gasteiger partial charge in [0.1, 0.15) is 5.76 Å². The van der Waals surface area contributed by atoms with Crippen LogP contribution in [0.5, 0.6) is 0 Å². The minimum atomic E-state index is 0.0803. The molecule has 1 atom stereocenters. The molecule has 13 heavy (non-hydrogen) atoms. The molecule has 0 aliphatic heterocycles. The summed E-state index contributed by atoms with van der Waals surface area (Å²) in [6.45, 7) is 11.5. The lowest BCUT2D eigenvalue weighted by atomic mass is 9.87. The maximum atomic E-state index is 9.88. The summed E-state index contributed by atoms with van der Waals surface area (Å²) in [5.74, 6) is 0.499. The van der Waals surface area contributed by atoms with Gasteiger partial charge in [-0.15, -0.1) is 0 Å². The largest absolute Gasteiger partial charge is 0.511 e. The second-order valence-corrected chi connectivity index (χ2v) is 3.62. The SMILES string of the molecule is C=C(C)C1=C(O)C(C(=C)C)CC=C1. The van der Waals surface area contributed by atoms with Crippen molar-refractivity contribution in [1.29, 1.82) is 0 Å². The third-order valence-electron chi connectivity index (χ3n) is 2.32. The molecule has 0 radical (unpaired) electrons. The molecular formula is C12H16O. The van der Waals surface area contributed by atoms with Crippen molar-refractivity contribution in [3.05, 3.63) is 47.8 Å². The van der Waals surface area contributed by atoms with Crippen LogP contribution in [0.25, 0.3) is 0 Å². The van der Waals surface area contributed by atoms with Gasteiger partial charge in [0, 0.05) is 11.5 Å². The Balaban J connectivity index is 3.05. The van der Waals surface area contributed by atoms with Crippen molar-refractivity contribution >= 4 is 0 Å². The number of aliphatic hydroxyl groups is 1. The highest BCUT2D eigenvalue weighted by Gasteiger charge is 2.19. The van der Waals surface area contributed by atoms with Gasteiger partial charge in [-0.2, -0.15) is 0 Å².